The zero-order valence-electron chi connectivity index (χ0n) is 53.6. The van der Waals surface area contributed by atoms with Crippen LogP contribution < -0.4 is 21.3 Å². The number of furan rings is 1. The van der Waals surface area contributed by atoms with Gasteiger partial charge >= 0.3 is 6.09 Å². The largest absolute Gasteiger partial charge is 0.472 e. The number of hydrogen-bond donors (Lipinski definition) is 4. The maximum absolute atomic E-state index is 12.1. The molecule has 3 aliphatic rings. The van der Waals surface area contributed by atoms with Crippen LogP contribution >= 0.6 is 57.1 Å². The molecular formula is C61H73N21O4S5. The lowest BCUT2D eigenvalue weighted by molar-refractivity contribution is 0.0104. The zero-order valence-corrected chi connectivity index (χ0v) is 57.7. The Hall–Kier alpha value is -7.90. The van der Waals surface area contributed by atoms with Crippen LogP contribution in [0.4, 0.5) is 28.1 Å². The molecule has 91 heavy (non-hydrogen) atoms. The highest BCUT2D eigenvalue weighted by atomic mass is 32.2. The highest BCUT2D eigenvalue weighted by molar-refractivity contribution is 7.99. The molecule has 3 aliphatic heterocycles. The molecular weight excluding hydrogens is 1250 g/mol. The highest BCUT2D eigenvalue weighted by Crippen LogP contribution is 2.43. The number of thioether (sulfide) groups is 1. The van der Waals surface area contributed by atoms with Crippen LogP contribution in [-0.2, 0) is 44.2 Å². The Bertz CT molecular complexity index is 4750. The second kappa shape index (κ2) is 24.6. The van der Waals surface area contributed by atoms with Gasteiger partial charge in [-0.2, -0.15) is 52.6 Å². The lowest BCUT2D eigenvalue weighted by Crippen LogP contribution is -2.58. The van der Waals surface area contributed by atoms with Crippen molar-refractivity contribution in [3.63, 3.8) is 0 Å². The SMILES string of the molecule is Cc1nnc2sc3c(NC4CCOC4)nn(C)c3c2c1C.Cc1nnc2sc3c(NC4CCSC4)nn(C)c3c2c1C.Cc1nnc2sc3c(NC4CN(C(=O)OC(C)(C)C)C4)nn(C)c3c2c1C.Cc1nnc2sc3c(NCc4ccoc4)nn(C)c3c2c1C. The van der Waals surface area contributed by atoms with Crippen molar-refractivity contribution in [1.82, 2.24) is 84.8 Å². The quantitative estimate of drug-likeness (QED) is 0.105. The summed E-state index contributed by atoms with van der Waals surface area (Å²) in [7, 11) is 7.91. The summed E-state index contributed by atoms with van der Waals surface area (Å²) in [5.74, 6) is 6.05. The molecule has 13 aromatic rings. The number of likely N-dealkylation sites (tertiary alicyclic amines) is 1. The summed E-state index contributed by atoms with van der Waals surface area (Å²) in [5, 5.41) is 71.5. The van der Waals surface area contributed by atoms with Crippen molar-refractivity contribution in [2.45, 2.75) is 119 Å². The highest BCUT2D eigenvalue weighted by Gasteiger charge is 2.35. The standard InChI is InChI=1S/C18H24N6O2S.C15H15N5OS.C14H17N5OS.C14H17N5S2/c1-9-10(2)20-21-16-12(9)13-14(27-16)15(22-23(13)6)19-11-7-24(8-11)17(25)26-18(3,4)5;1-8-9(2)17-18-15-11(8)12-13(22-15)14(19-20(12)3)16-6-10-4-5-21-7-10;2*1-7-8(2)16-17-14-10(7)11-12(21-14)13(18-19(11)3)15-9-4-5-20-6-9/h11H,7-8H2,1-6H3,(H,19,22);4-5,7H,6H2,1-3H3,(H,16,19);2*9H,4-6H2,1-3H3,(H,15,18). The predicted molar refractivity (Wildman–Crippen MR) is 368 cm³/mol. The average Bonchev–Trinajstić information content (AvgIpc) is 1.63. The Morgan fingerprint density at radius 1 is 0.560 bits per heavy atom. The van der Waals surface area contributed by atoms with Gasteiger partial charge in [0.1, 0.15) is 24.9 Å². The monoisotopic (exact) mass is 1320 g/mol. The van der Waals surface area contributed by atoms with Gasteiger partial charge in [-0.25, -0.2) is 4.79 Å². The number of aromatic nitrogens is 16. The van der Waals surface area contributed by atoms with E-state index in [0.717, 1.165) is 138 Å². The minimum atomic E-state index is -0.475. The van der Waals surface area contributed by atoms with Crippen LogP contribution in [0.15, 0.2) is 23.0 Å². The van der Waals surface area contributed by atoms with Crippen molar-refractivity contribution in [2.75, 3.05) is 59.1 Å². The van der Waals surface area contributed by atoms with Gasteiger partial charge < -0.3 is 40.1 Å². The molecule has 3 fully saturated rings. The molecule has 3 saturated heterocycles. The second-order valence-electron chi connectivity index (χ2n) is 24.5. The van der Waals surface area contributed by atoms with Crippen molar-refractivity contribution in [3.05, 3.63) is 69.2 Å². The summed E-state index contributed by atoms with van der Waals surface area (Å²) in [6, 6.07) is 2.99. The number of carbonyl (C=O) groups is 1. The number of anilines is 4. The average molecular weight is 1320 g/mol. The Kier molecular flexibility index (Phi) is 16.8. The van der Waals surface area contributed by atoms with E-state index in [0.29, 0.717) is 31.7 Å². The van der Waals surface area contributed by atoms with E-state index in [9.17, 15) is 4.79 Å². The number of rotatable bonds is 9. The molecule has 0 aromatic carbocycles. The van der Waals surface area contributed by atoms with E-state index in [1.807, 2.05) is 113 Å². The van der Waals surface area contributed by atoms with E-state index in [2.05, 4.69) is 105 Å². The number of fused-ring (bicyclic) bond motifs is 12. The minimum absolute atomic E-state index is 0.162. The number of aryl methyl sites for hydroxylation is 12. The fourth-order valence-electron chi connectivity index (χ4n) is 11.5. The smallest absolute Gasteiger partial charge is 0.410 e. The van der Waals surface area contributed by atoms with Crippen LogP contribution in [0.1, 0.15) is 84.2 Å². The second-order valence-corrected chi connectivity index (χ2v) is 29.6. The predicted octanol–water partition coefficient (Wildman–Crippen LogP) is 12.1. The summed E-state index contributed by atoms with van der Waals surface area (Å²) in [4.78, 5) is 17.6. The Morgan fingerprint density at radius 3 is 1.34 bits per heavy atom. The van der Waals surface area contributed by atoms with E-state index in [1.54, 1.807) is 62.8 Å². The van der Waals surface area contributed by atoms with Gasteiger partial charge in [-0.1, -0.05) is 0 Å². The third-order valence-electron chi connectivity index (χ3n) is 16.9. The number of nitrogens with one attached hydrogen (secondary N) is 4. The van der Waals surface area contributed by atoms with Gasteiger partial charge in [-0.15, -0.1) is 65.7 Å². The topological polar surface area (TPSA) is 274 Å². The van der Waals surface area contributed by atoms with Gasteiger partial charge in [-0.05, 0) is 123 Å². The van der Waals surface area contributed by atoms with Crippen LogP contribution in [0.5, 0.6) is 0 Å². The van der Waals surface area contributed by atoms with Crippen LogP contribution in [0.25, 0.3) is 81.7 Å². The Morgan fingerprint density at radius 2 is 0.967 bits per heavy atom. The normalized spacial score (nSPS) is 16.1. The molecule has 1 amide bonds. The lowest BCUT2D eigenvalue weighted by atomic mass is 10.1. The van der Waals surface area contributed by atoms with E-state index >= 15 is 0 Å². The number of amides is 1. The first-order valence-corrected chi connectivity index (χ1v) is 34.5. The van der Waals surface area contributed by atoms with Crippen molar-refractivity contribution < 1.29 is 18.7 Å². The molecule has 476 valence electrons. The number of hydrogen-bond acceptors (Lipinski definition) is 25. The minimum Gasteiger partial charge on any atom is -0.472 e. The fraction of sp³-hybridized carbons (Fsp3) is 0.459. The summed E-state index contributed by atoms with van der Waals surface area (Å²) < 4.78 is 28.2. The van der Waals surface area contributed by atoms with Crippen LogP contribution in [0, 0.1) is 55.4 Å². The van der Waals surface area contributed by atoms with Crippen LogP contribution in [0.3, 0.4) is 0 Å². The maximum Gasteiger partial charge on any atom is 0.410 e. The third kappa shape index (κ3) is 11.8. The molecule has 0 aliphatic carbocycles. The number of ether oxygens (including phenoxy) is 2. The van der Waals surface area contributed by atoms with Crippen LogP contribution in [0.2, 0.25) is 0 Å². The van der Waals surface area contributed by atoms with Gasteiger partial charge in [0.2, 0.25) is 0 Å². The lowest BCUT2D eigenvalue weighted by Gasteiger charge is -2.40. The molecule has 0 saturated carbocycles. The van der Waals surface area contributed by atoms with Gasteiger partial charge in [0, 0.05) is 93.3 Å². The van der Waals surface area contributed by atoms with Crippen molar-refractivity contribution in [3.8, 4) is 0 Å². The molecule has 0 bridgehead atoms. The summed E-state index contributed by atoms with van der Waals surface area (Å²) in [6.45, 7) is 25.4. The molecule has 2 unspecified atom stereocenters. The van der Waals surface area contributed by atoms with Crippen LogP contribution in [-0.4, -0.2) is 152 Å². The van der Waals surface area contributed by atoms with Gasteiger partial charge in [-0.3, -0.25) is 18.7 Å². The molecule has 25 nitrogen and oxygen atoms in total. The fourth-order valence-corrected chi connectivity index (χ4v) is 17.3. The molecule has 13 aromatic heterocycles. The molecule has 2 atom stereocenters. The van der Waals surface area contributed by atoms with Crippen molar-refractivity contribution >= 4 is 168 Å². The molecule has 16 rings (SSSR count). The Balaban J connectivity index is 0.000000112. The summed E-state index contributed by atoms with van der Waals surface area (Å²) in [5.41, 5.74) is 13.7. The third-order valence-corrected chi connectivity index (χ3v) is 22.3. The zero-order chi connectivity index (χ0) is 63.9. The number of nitrogens with zero attached hydrogens (tertiary/aromatic N) is 17. The van der Waals surface area contributed by atoms with Crippen molar-refractivity contribution in [1.29, 1.82) is 0 Å². The molecule has 16 heterocycles. The first kappa shape index (κ1) is 61.9. The first-order valence-electron chi connectivity index (χ1n) is 30.1. The maximum atomic E-state index is 12.1. The van der Waals surface area contributed by atoms with E-state index in [-0.39, 0.29) is 12.1 Å². The number of carbonyl (C=O) groups excluding carboxylic acids is 1. The summed E-state index contributed by atoms with van der Waals surface area (Å²) in [6.07, 6.45) is 5.38. The van der Waals surface area contributed by atoms with E-state index in [4.69, 9.17) is 19.0 Å². The van der Waals surface area contributed by atoms with Gasteiger partial charge in [0.25, 0.3) is 0 Å². The Labute approximate surface area is 544 Å². The molecule has 0 radical (unpaired) electrons. The number of thiophene rings is 4. The van der Waals surface area contributed by atoms with E-state index in [1.165, 1.54) is 55.6 Å². The summed E-state index contributed by atoms with van der Waals surface area (Å²) >= 11 is 8.58. The van der Waals surface area contributed by atoms with E-state index < -0.39 is 5.60 Å². The first-order chi connectivity index (χ1) is 43.6. The molecule has 0 spiro atoms. The van der Waals surface area contributed by atoms with Crippen molar-refractivity contribution in [2.24, 2.45) is 28.2 Å². The molecule has 30 heteroatoms. The van der Waals surface area contributed by atoms with Gasteiger partial charge in [0.05, 0.1) is 94.9 Å². The van der Waals surface area contributed by atoms with Gasteiger partial charge in [0.15, 0.2) is 23.3 Å². The molecule has 4 N–H and O–H groups in total.